The SMILES string of the molecule is CCN(C)CCNS(=O)(=O)c1c(C)ccc(N)c1C. The Morgan fingerprint density at radius 2 is 1.95 bits per heavy atom. The van der Waals surface area contributed by atoms with Gasteiger partial charge in [0.2, 0.25) is 10.0 Å². The first-order valence-corrected chi connectivity index (χ1v) is 7.81. The van der Waals surface area contributed by atoms with E-state index < -0.39 is 10.0 Å². The number of rotatable bonds is 6. The highest BCUT2D eigenvalue weighted by molar-refractivity contribution is 7.89. The van der Waals surface area contributed by atoms with Crippen LogP contribution < -0.4 is 10.5 Å². The minimum absolute atomic E-state index is 0.298. The van der Waals surface area contributed by atoms with Gasteiger partial charge in [0.05, 0.1) is 4.90 Å². The van der Waals surface area contributed by atoms with Gasteiger partial charge in [0.25, 0.3) is 0 Å². The first-order valence-electron chi connectivity index (χ1n) is 6.33. The summed E-state index contributed by atoms with van der Waals surface area (Å²) < 4.78 is 27.2. The van der Waals surface area contributed by atoms with Crippen molar-refractivity contribution in [3.8, 4) is 0 Å². The van der Waals surface area contributed by atoms with Crippen molar-refractivity contribution in [2.75, 3.05) is 32.4 Å². The van der Waals surface area contributed by atoms with Crippen molar-refractivity contribution in [1.82, 2.24) is 9.62 Å². The van der Waals surface area contributed by atoms with E-state index >= 15 is 0 Å². The summed E-state index contributed by atoms with van der Waals surface area (Å²) >= 11 is 0. The van der Waals surface area contributed by atoms with Crippen molar-refractivity contribution in [2.45, 2.75) is 25.7 Å². The maximum Gasteiger partial charge on any atom is 0.241 e. The van der Waals surface area contributed by atoms with Crippen LogP contribution in [0.15, 0.2) is 17.0 Å². The molecule has 0 amide bonds. The minimum Gasteiger partial charge on any atom is -0.398 e. The van der Waals surface area contributed by atoms with Crippen LogP contribution >= 0.6 is 0 Å². The molecule has 1 rings (SSSR count). The lowest BCUT2D eigenvalue weighted by molar-refractivity contribution is 0.358. The second kappa shape index (κ2) is 6.36. The van der Waals surface area contributed by atoms with E-state index in [1.807, 2.05) is 18.9 Å². The summed E-state index contributed by atoms with van der Waals surface area (Å²) in [6.07, 6.45) is 0. The standard InChI is InChI=1S/C13H23N3O2S/c1-5-16(4)9-8-15-19(17,18)13-10(2)6-7-12(14)11(13)3/h6-7,15H,5,8-9,14H2,1-4H3. The van der Waals surface area contributed by atoms with Crippen LogP contribution in [0.4, 0.5) is 5.69 Å². The maximum atomic E-state index is 12.3. The van der Waals surface area contributed by atoms with E-state index in [0.717, 1.165) is 6.54 Å². The number of likely N-dealkylation sites (N-methyl/N-ethyl adjacent to an activating group) is 1. The van der Waals surface area contributed by atoms with Crippen LogP contribution in [0.3, 0.4) is 0 Å². The van der Waals surface area contributed by atoms with E-state index in [4.69, 9.17) is 5.73 Å². The van der Waals surface area contributed by atoms with Crippen LogP contribution in [-0.4, -0.2) is 40.0 Å². The lowest BCUT2D eigenvalue weighted by Crippen LogP contribution is -2.33. The normalized spacial score (nSPS) is 12.1. The maximum absolute atomic E-state index is 12.3. The summed E-state index contributed by atoms with van der Waals surface area (Å²) in [6.45, 7) is 7.49. The summed E-state index contributed by atoms with van der Waals surface area (Å²) in [6, 6.07) is 3.46. The Kier molecular flexibility index (Phi) is 5.34. The molecular weight excluding hydrogens is 262 g/mol. The minimum atomic E-state index is -3.50. The van der Waals surface area contributed by atoms with Gasteiger partial charge in [0.1, 0.15) is 0 Å². The molecule has 0 bridgehead atoms. The molecule has 0 atom stereocenters. The molecule has 0 fully saturated rings. The Bertz CT molecular complexity index is 541. The molecule has 1 aromatic rings. The van der Waals surface area contributed by atoms with Crippen LogP contribution in [0.5, 0.6) is 0 Å². The Balaban J connectivity index is 2.92. The van der Waals surface area contributed by atoms with Gasteiger partial charge in [-0.3, -0.25) is 0 Å². The predicted octanol–water partition coefficient (Wildman–Crippen LogP) is 1.12. The van der Waals surface area contributed by atoms with E-state index in [1.54, 1.807) is 26.0 Å². The summed E-state index contributed by atoms with van der Waals surface area (Å²) in [7, 11) is -1.55. The number of anilines is 1. The van der Waals surface area contributed by atoms with Gasteiger partial charge in [-0.25, -0.2) is 13.1 Å². The zero-order valence-corrected chi connectivity index (χ0v) is 12.8. The Labute approximate surface area is 115 Å². The quantitative estimate of drug-likeness (QED) is 0.768. The second-order valence-electron chi connectivity index (χ2n) is 4.72. The van der Waals surface area contributed by atoms with Gasteiger partial charge < -0.3 is 10.6 Å². The van der Waals surface area contributed by atoms with Gasteiger partial charge in [-0.1, -0.05) is 13.0 Å². The highest BCUT2D eigenvalue weighted by Crippen LogP contribution is 2.24. The third kappa shape index (κ3) is 3.92. The Morgan fingerprint density at radius 1 is 1.32 bits per heavy atom. The van der Waals surface area contributed by atoms with Crippen molar-refractivity contribution in [3.05, 3.63) is 23.3 Å². The summed E-state index contributed by atoms with van der Waals surface area (Å²) in [5, 5.41) is 0. The van der Waals surface area contributed by atoms with Crippen LogP contribution in [0.25, 0.3) is 0 Å². The number of nitrogens with one attached hydrogen (secondary N) is 1. The predicted molar refractivity (Wildman–Crippen MR) is 78.7 cm³/mol. The lowest BCUT2D eigenvalue weighted by atomic mass is 10.1. The van der Waals surface area contributed by atoms with Crippen molar-refractivity contribution < 1.29 is 8.42 Å². The lowest BCUT2D eigenvalue weighted by Gasteiger charge is -2.16. The van der Waals surface area contributed by atoms with E-state index in [-0.39, 0.29) is 0 Å². The summed E-state index contributed by atoms with van der Waals surface area (Å²) in [5.41, 5.74) is 7.60. The monoisotopic (exact) mass is 285 g/mol. The van der Waals surface area contributed by atoms with Crippen LogP contribution in [0.1, 0.15) is 18.1 Å². The number of hydrogen-bond donors (Lipinski definition) is 2. The average Bonchev–Trinajstić information content (AvgIpc) is 2.33. The molecule has 0 saturated carbocycles. The van der Waals surface area contributed by atoms with Crippen molar-refractivity contribution in [2.24, 2.45) is 0 Å². The molecule has 108 valence electrons. The van der Waals surface area contributed by atoms with Gasteiger partial charge in [-0.05, 0) is 44.6 Å². The Hall–Kier alpha value is -1.11. The molecule has 1 aromatic carbocycles. The average molecular weight is 285 g/mol. The largest absolute Gasteiger partial charge is 0.398 e. The molecule has 0 radical (unpaired) electrons. The fourth-order valence-electron chi connectivity index (χ4n) is 1.86. The van der Waals surface area contributed by atoms with Crippen LogP contribution in [0, 0.1) is 13.8 Å². The van der Waals surface area contributed by atoms with E-state index in [0.29, 0.717) is 34.8 Å². The number of hydrogen-bond acceptors (Lipinski definition) is 4. The van der Waals surface area contributed by atoms with Gasteiger partial charge in [0, 0.05) is 18.8 Å². The summed E-state index contributed by atoms with van der Waals surface area (Å²) in [4.78, 5) is 2.34. The van der Waals surface area contributed by atoms with Crippen LogP contribution in [-0.2, 0) is 10.0 Å². The number of sulfonamides is 1. The third-order valence-electron chi connectivity index (χ3n) is 3.24. The smallest absolute Gasteiger partial charge is 0.241 e. The van der Waals surface area contributed by atoms with Crippen molar-refractivity contribution in [1.29, 1.82) is 0 Å². The molecule has 0 aromatic heterocycles. The first-order chi connectivity index (χ1) is 8.79. The third-order valence-corrected chi connectivity index (χ3v) is 4.99. The molecule has 0 aliphatic heterocycles. The topological polar surface area (TPSA) is 75.4 Å². The van der Waals surface area contributed by atoms with Gasteiger partial charge >= 0.3 is 0 Å². The molecule has 0 heterocycles. The fourth-order valence-corrected chi connectivity index (χ4v) is 3.37. The van der Waals surface area contributed by atoms with Crippen molar-refractivity contribution in [3.63, 3.8) is 0 Å². The zero-order valence-electron chi connectivity index (χ0n) is 12.0. The molecule has 0 aliphatic carbocycles. The highest BCUT2D eigenvalue weighted by atomic mass is 32.2. The van der Waals surface area contributed by atoms with Gasteiger partial charge in [-0.2, -0.15) is 0 Å². The molecule has 5 nitrogen and oxygen atoms in total. The highest BCUT2D eigenvalue weighted by Gasteiger charge is 2.20. The molecule has 0 spiro atoms. The van der Waals surface area contributed by atoms with Crippen molar-refractivity contribution >= 4 is 15.7 Å². The molecule has 19 heavy (non-hydrogen) atoms. The second-order valence-corrected chi connectivity index (χ2v) is 6.42. The van der Waals surface area contributed by atoms with E-state index in [9.17, 15) is 8.42 Å². The molecule has 0 unspecified atom stereocenters. The number of aryl methyl sites for hydroxylation is 1. The summed E-state index contributed by atoms with van der Waals surface area (Å²) in [5.74, 6) is 0. The van der Waals surface area contributed by atoms with E-state index in [2.05, 4.69) is 4.72 Å². The number of nitrogens with zero attached hydrogens (tertiary/aromatic N) is 1. The fraction of sp³-hybridized carbons (Fsp3) is 0.538. The molecular formula is C13H23N3O2S. The van der Waals surface area contributed by atoms with Gasteiger partial charge in [-0.15, -0.1) is 0 Å². The molecule has 0 saturated heterocycles. The zero-order chi connectivity index (χ0) is 14.6. The molecule has 3 N–H and O–H groups in total. The molecule has 6 heteroatoms. The van der Waals surface area contributed by atoms with E-state index in [1.165, 1.54) is 0 Å². The number of nitrogens with two attached hydrogens (primary N) is 1. The number of benzene rings is 1. The first kappa shape index (κ1) is 15.9. The Morgan fingerprint density at radius 3 is 2.53 bits per heavy atom. The van der Waals surface area contributed by atoms with Crippen LogP contribution in [0.2, 0.25) is 0 Å². The van der Waals surface area contributed by atoms with Gasteiger partial charge in [0.15, 0.2) is 0 Å². The molecule has 0 aliphatic rings. The number of nitrogen functional groups attached to an aromatic ring is 1.